The molecule has 0 fully saturated rings. The zero-order valence-electron chi connectivity index (χ0n) is 7.41. The number of rotatable bonds is 4. The maximum atomic E-state index is 12.5. The van der Waals surface area contributed by atoms with Crippen molar-refractivity contribution in [2.24, 2.45) is 0 Å². The summed E-state index contributed by atoms with van der Waals surface area (Å²) in [6.07, 6.45) is -3.22. The first kappa shape index (κ1) is 11.0. The minimum atomic E-state index is -2.66. The van der Waals surface area contributed by atoms with Crippen LogP contribution in [0.5, 0.6) is 0 Å². The van der Waals surface area contributed by atoms with E-state index in [9.17, 15) is 13.6 Å². The Bertz CT molecular complexity index is 327. The fourth-order valence-corrected chi connectivity index (χ4v) is 2.06. The summed E-state index contributed by atoms with van der Waals surface area (Å²) < 4.78 is 25.0. The van der Waals surface area contributed by atoms with Gasteiger partial charge < -0.3 is 5.11 Å². The molecule has 0 amide bonds. The third-order valence-electron chi connectivity index (χ3n) is 1.82. The molecule has 3 nitrogen and oxygen atoms in total. The second kappa shape index (κ2) is 4.45. The first-order chi connectivity index (χ1) is 6.52. The average Bonchev–Trinajstić information content (AvgIpc) is 2.46. The summed E-state index contributed by atoms with van der Waals surface area (Å²) in [5.41, 5.74) is 1.93. The molecular formula is C8H9F2NO2S. The summed E-state index contributed by atoms with van der Waals surface area (Å²) in [6.45, 7) is 1.60. The van der Waals surface area contributed by atoms with Gasteiger partial charge in [-0.05, 0) is 6.92 Å². The molecule has 1 heterocycles. The van der Waals surface area contributed by atoms with Crippen LogP contribution in [0.2, 0.25) is 0 Å². The average molecular weight is 221 g/mol. The molecule has 6 heteroatoms. The number of hydrogen-bond acceptors (Lipinski definition) is 3. The van der Waals surface area contributed by atoms with Gasteiger partial charge in [-0.15, -0.1) is 11.3 Å². The van der Waals surface area contributed by atoms with Gasteiger partial charge >= 0.3 is 5.97 Å². The molecule has 1 N–H and O–H groups in total. The fourth-order valence-electron chi connectivity index (χ4n) is 1.15. The van der Waals surface area contributed by atoms with E-state index in [1.807, 2.05) is 0 Å². The third kappa shape index (κ3) is 2.47. The molecule has 1 rings (SSSR count). The van der Waals surface area contributed by atoms with E-state index in [1.54, 1.807) is 6.92 Å². The molecule has 1 aromatic heterocycles. The Balaban J connectivity index is 2.88. The van der Waals surface area contributed by atoms with Crippen LogP contribution in [0.15, 0.2) is 5.51 Å². The van der Waals surface area contributed by atoms with Gasteiger partial charge in [0.2, 0.25) is 6.43 Å². The number of carbonyl (C=O) groups is 1. The van der Waals surface area contributed by atoms with Crippen molar-refractivity contribution in [1.29, 1.82) is 0 Å². The van der Waals surface area contributed by atoms with Crippen LogP contribution in [0.4, 0.5) is 8.78 Å². The lowest BCUT2D eigenvalue weighted by Gasteiger charge is -2.11. The number of aryl methyl sites for hydroxylation is 1. The van der Waals surface area contributed by atoms with Crippen molar-refractivity contribution in [2.45, 2.75) is 25.7 Å². The zero-order chi connectivity index (χ0) is 10.7. The summed E-state index contributed by atoms with van der Waals surface area (Å²) in [5, 5.41) is 8.47. The fraction of sp³-hybridized carbons (Fsp3) is 0.500. The van der Waals surface area contributed by atoms with Crippen LogP contribution >= 0.6 is 11.3 Å². The van der Waals surface area contributed by atoms with Crippen molar-refractivity contribution in [2.75, 3.05) is 0 Å². The van der Waals surface area contributed by atoms with Gasteiger partial charge in [0, 0.05) is 4.88 Å². The Hall–Kier alpha value is -1.04. The van der Waals surface area contributed by atoms with E-state index < -0.39 is 24.7 Å². The van der Waals surface area contributed by atoms with Gasteiger partial charge in [-0.1, -0.05) is 0 Å². The highest BCUT2D eigenvalue weighted by molar-refractivity contribution is 7.09. The Morgan fingerprint density at radius 2 is 2.36 bits per heavy atom. The van der Waals surface area contributed by atoms with Gasteiger partial charge in [0.1, 0.15) is 0 Å². The molecule has 0 saturated carbocycles. The van der Waals surface area contributed by atoms with Crippen molar-refractivity contribution in [3.05, 3.63) is 16.1 Å². The van der Waals surface area contributed by atoms with E-state index in [-0.39, 0.29) is 0 Å². The van der Waals surface area contributed by atoms with Crippen LogP contribution in [0.1, 0.15) is 22.9 Å². The standard InChI is InChI=1S/C8H9F2NO2S/c1-4-7(14-3-11-4)5(8(9)10)2-6(12)13/h3,5,8H,2H2,1H3,(H,12,13). The van der Waals surface area contributed by atoms with Crippen molar-refractivity contribution in [3.8, 4) is 0 Å². The highest BCUT2D eigenvalue weighted by Crippen LogP contribution is 2.31. The van der Waals surface area contributed by atoms with Gasteiger partial charge in [-0.25, -0.2) is 13.8 Å². The monoisotopic (exact) mass is 221 g/mol. The topological polar surface area (TPSA) is 50.2 Å². The Morgan fingerprint density at radius 3 is 2.71 bits per heavy atom. The number of nitrogens with zero attached hydrogens (tertiary/aromatic N) is 1. The van der Waals surface area contributed by atoms with E-state index >= 15 is 0 Å². The van der Waals surface area contributed by atoms with E-state index in [0.29, 0.717) is 10.6 Å². The number of halogens is 2. The summed E-state index contributed by atoms with van der Waals surface area (Å²) in [5.74, 6) is -2.46. The quantitative estimate of drug-likeness (QED) is 0.848. The van der Waals surface area contributed by atoms with E-state index in [0.717, 1.165) is 11.3 Å². The smallest absolute Gasteiger partial charge is 0.304 e. The van der Waals surface area contributed by atoms with Crippen molar-refractivity contribution in [1.82, 2.24) is 4.98 Å². The lowest BCUT2D eigenvalue weighted by atomic mass is 10.0. The Labute approximate surface area is 83.4 Å². The number of carboxylic acid groups (broad SMARTS) is 1. The van der Waals surface area contributed by atoms with Gasteiger partial charge in [-0.2, -0.15) is 0 Å². The first-order valence-electron chi connectivity index (χ1n) is 3.92. The van der Waals surface area contributed by atoms with E-state index in [2.05, 4.69) is 4.98 Å². The molecule has 1 atom stereocenters. The molecule has 1 aromatic rings. The van der Waals surface area contributed by atoms with Crippen LogP contribution in [-0.2, 0) is 4.79 Å². The van der Waals surface area contributed by atoms with Gasteiger partial charge in [0.25, 0.3) is 0 Å². The molecule has 78 valence electrons. The molecule has 0 aromatic carbocycles. The van der Waals surface area contributed by atoms with Gasteiger partial charge in [0.15, 0.2) is 0 Å². The van der Waals surface area contributed by atoms with Crippen LogP contribution in [0.25, 0.3) is 0 Å². The van der Waals surface area contributed by atoms with Gasteiger partial charge in [0.05, 0.1) is 23.5 Å². The highest BCUT2D eigenvalue weighted by Gasteiger charge is 2.28. The summed E-state index contributed by atoms with van der Waals surface area (Å²) >= 11 is 1.07. The first-order valence-corrected chi connectivity index (χ1v) is 4.80. The lowest BCUT2D eigenvalue weighted by Crippen LogP contribution is -2.13. The molecule has 0 radical (unpaired) electrons. The Morgan fingerprint density at radius 1 is 1.71 bits per heavy atom. The van der Waals surface area contributed by atoms with Crippen LogP contribution in [-0.4, -0.2) is 22.5 Å². The maximum absolute atomic E-state index is 12.5. The largest absolute Gasteiger partial charge is 0.481 e. The van der Waals surface area contributed by atoms with Gasteiger partial charge in [-0.3, -0.25) is 4.79 Å². The molecule has 0 aliphatic carbocycles. The van der Waals surface area contributed by atoms with E-state index in [4.69, 9.17) is 5.11 Å². The second-order valence-corrected chi connectivity index (χ2v) is 3.73. The van der Waals surface area contributed by atoms with Crippen LogP contribution < -0.4 is 0 Å². The van der Waals surface area contributed by atoms with Crippen LogP contribution in [0.3, 0.4) is 0 Å². The van der Waals surface area contributed by atoms with Crippen LogP contribution in [0, 0.1) is 6.92 Å². The predicted molar refractivity (Wildman–Crippen MR) is 47.8 cm³/mol. The van der Waals surface area contributed by atoms with Crippen molar-refractivity contribution in [3.63, 3.8) is 0 Å². The number of aromatic nitrogens is 1. The molecular weight excluding hydrogens is 212 g/mol. The minimum Gasteiger partial charge on any atom is -0.481 e. The number of thiazole rings is 1. The second-order valence-electron chi connectivity index (χ2n) is 2.84. The summed E-state index contributed by atoms with van der Waals surface area (Å²) in [6, 6.07) is 0. The van der Waals surface area contributed by atoms with Crippen molar-refractivity contribution >= 4 is 17.3 Å². The maximum Gasteiger partial charge on any atom is 0.304 e. The lowest BCUT2D eigenvalue weighted by molar-refractivity contribution is -0.138. The minimum absolute atomic E-state index is 0.363. The molecule has 0 aliphatic rings. The number of carboxylic acids is 1. The SMILES string of the molecule is Cc1ncsc1C(CC(=O)O)C(F)F. The normalized spacial score (nSPS) is 13.1. The highest BCUT2D eigenvalue weighted by atomic mass is 32.1. The number of alkyl halides is 2. The number of hydrogen-bond donors (Lipinski definition) is 1. The summed E-state index contributed by atoms with van der Waals surface area (Å²) in [7, 11) is 0. The molecule has 0 bridgehead atoms. The third-order valence-corrected chi connectivity index (χ3v) is 2.88. The predicted octanol–water partition coefficient (Wildman–Crippen LogP) is 2.27. The molecule has 0 aliphatic heterocycles. The molecule has 1 unspecified atom stereocenters. The molecule has 0 spiro atoms. The molecule has 0 saturated heterocycles. The Kier molecular flexibility index (Phi) is 3.51. The zero-order valence-corrected chi connectivity index (χ0v) is 8.22. The number of aliphatic carboxylic acids is 1. The molecule has 14 heavy (non-hydrogen) atoms. The van der Waals surface area contributed by atoms with E-state index in [1.165, 1.54) is 5.51 Å². The summed E-state index contributed by atoms with van der Waals surface area (Å²) in [4.78, 5) is 14.6. The van der Waals surface area contributed by atoms with Crippen molar-refractivity contribution < 1.29 is 18.7 Å².